The zero-order valence-electron chi connectivity index (χ0n) is 16.7. The number of hydrogen-bond donors (Lipinski definition) is 2. The number of para-hydroxylation sites is 2. The van der Waals surface area contributed by atoms with Crippen LogP contribution in [0.5, 0.6) is 5.75 Å². The highest BCUT2D eigenvalue weighted by atomic mass is 16.6. The van der Waals surface area contributed by atoms with E-state index in [4.69, 9.17) is 4.74 Å². The molecule has 2 aromatic carbocycles. The zero-order chi connectivity index (χ0) is 21.5. The average Bonchev–Trinajstić information content (AvgIpc) is 2.78. The standard InChI is InChI=1S/C21H24N4O5/c1-30-19-5-3-2-4-18(19)23-21(27)24-12-10-15(11-13-24)14-22-20(26)16-6-8-17(9-7-16)25(28)29/h2-9,15H,10-14H2,1H3,(H,22,26)(H,23,27). The molecule has 2 aromatic rings. The van der Waals surface area contributed by atoms with Gasteiger partial charge in [-0.1, -0.05) is 12.1 Å². The molecule has 0 radical (unpaired) electrons. The van der Waals surface area contributed by atoms with E-state index in [1.807, 2.05) is 12.1 Å². The van der Waals surface area contributed by atoms with Crippen molar-refractivity contribution in [1.29, 1.82) is 0 Å². The normalized spacial score (nSPS) is 14.1. The molecule has 0 aromatic heterocycles. The highest BCUT2D eigenvalue weighted by Crippen LogP contribution is 2.24. The second-order valence-electron chi connectivity index (χ2n) is 7.07. The lowest BCUT2D eigenvalue weighted by Gasteiger charge is -2.32. The van der Waals surface area contributed by atoms with Gasteiger partial charge in [-0.3, -0.25) is 14.9 Å². The first-order chi connectivity index (χ1) is 14.5. The fraction of sp³-hybridized carbons (Fsp3) is 0.333. The summed E-state index contributed by atoms with van der Waals surface area (Å²) in [5.41, 5.74) is 0.960. The first kappa shape index (κ1) is 21.1. The summed E-state index contributed by atoms with van der Waals surface area (Å²) in [5, 5.41) is 16.4. The molecular formula is C21H24N4O5. The van der Waals surface area contributed by atoms with Crippen LogP contribution in [-0.2, 0) is 0 Å². The van der Waals surface area contributed by atoms with Crippen molar-refractivity contribution in [2.45, 2.75) is 12.8 Å². The molecule has 9 heteroatoms. The molecule has 0 atom stereocenters. The van der Waals surface area contributed by atoms with Gasteiger partial charge in [-0.05, 0) is 43.0 Å². The largest absolute Gasteiger partial charge is 0.495 e. The summed E-state index contributed by atoms with van der Waals surface area (Å²) < 4.78 is 5.25. The zero-order valence-corrected chi connectivity index (χ0v) is 16.7. The summed E-state index contributed by atoms with van der Waals surface area (Å²) >= 11 is 0. The molecule has 3 rings (SSSR count). The van der Waals surface area contributed by atoms with Crippen LogP contribution in [0.1, 0.15) is 23.2 Å². The number of benzene rings is 2. The van der Waals surface area contributed by atoms with E-state index in [1.54, 1.807) is 24.1 Å². The van der Waals surface area contributed by atoms with E-state index < -0.39 is 4.92 Å². The van der Waals surface area contributed by atoms with Gasteiger partial charge in [0.05, 0.1) is 17.7 Å². The van der Waals surface area contributed by atoms with Crippen molar-refractivity contribution < 1.29 is 19.2 Å². The van der Waals surface area contributed by atoms with E-state index >= 15 is 0 Å². The number of anilines is 1. The van der Waals surface area contributed by atoms with Crippen molar-refractivity contribution in [2.24, 2.45) is 5.92 Å². The Hall–Kier alpha value is -3.62. The number of nitrogens with zero attached hydrogens (tertiary/aromatic N) is 2. The first-order valence-electron chi connectivity index (χ1n) is 9.69. The minimum Gasteiger partial charge on any atom is -0.495 e. The molecule has 1 fully saturated rings. The third-order valence-electron chi connectivity index (χ3n) is 5.14. The predicted molar refractivity (Wildman–Crippen MR) is 112 cm³/mol. The molecule has 1 aliphatic rings. The number of nitro benzene ring substituents is 1. The molecule has 0 aliphatic carbocycles. The Morgan fingerprint density at radius 1 is 1.13 bits per heavy atom. The third-order valence-corrected chi connectivity index (χ3v) is 5.14. The van der Waals surface area contributed by atoms with E-state index in [0.29, 0.717) is 36.6 Å². The van der Waals surface area contributed by atoms with Gasteiger partial charge in [0.15, 0.2) is 0 Å². The van der Waals surface area contributed by atoms with Crippen molar-refractivity contribution in [3.8, 4) is 5.75 Å². The van der Waals surface area contributed by atoms with E-state index in [2.05, 4.69) is 10.6 Å². The summed E-state index contributed by atoms with van der Waals surface area (Å²) in [6, 6.07) is 12.6. The molecule has 3 amide bonds. The molecule has 0 bridgehead atoms. The third kappa shape index (κ3) is 5.25. The van der Waals surface area contributed by atoms with Crippen LogP contribution in [0.4, 0.5) is 16.2 Å². The quantitative estimate of drug-likeness (QED) is 0.558. The molecule has 1 aliphatic heterocycles. The van der Waals surface area contributed by atoms with E-state index in [9.17, 15) is 19.7 Å². The summed E-state index contributed by atoms with van der Waals surface area (Å²) in [6.07, 6.45) is 1.56. The Morgan fingerprint density at radius 2 is 1.80 bits per heavy atom. The summed E-state index contributed by atoms with van der Waals surface area (Å²) in [4.78, 5) is 36.7. The Morgan fingerprint density at radius 3 is 2.43 bits per heavy atom. The SMILES string of the molecule is COc1ccccc1NC(=O)N1CCC(CNC(=O)c2ccc([N+](=O)[O-])cc2)CC1. The molecular weight excluding hydrogens is 388 g/mol. The van der Waals surface area contributed by atoms with Crippen LogP contribution in [-0.4, -0.2) is 48.5 Å². The second kappa shape index (κ2) is 9.73. The highest BCUT2D eigenvalue weighted by Gasteiger charge is 2.24. The number of non-ortho nitro benzene ring substituents is 1. The molecule has 2 N–H and O–H groups in total. The van der Waals surface area contributed by atoms with Crippen molar-refractivity contribution in [3.63, 3.8) is 0 Å². The summed E-state index contributed by atoms with van der Waals surface area (Å²) in [7, 11) is 1.56. The van der Waals surface area contributed by atoms with Gasteiger partial charge in [-0.2, -0.15) is 0 Å². The Labute approximate surface area is 174 Å². The van der Waals surface area contributed by atoms with E-state index in [1.165, 1.54) is 24.3 Å². The fourth-order valence-electron chi connectivity index (χ4n) is 3.36. The lowest BCUT2D eigenvalue weighted by molar-refractivity contribution is -0.384. The number of ether oxygens (including phenoxy) is 1. The molecule has 158 valence electrons. The molecule has 0 unspecified atom stereocenters. The maximum absolute atomic E-state index is 12.5. The number of carbonyl (C=O) groups is 2. The predicted octanol–water partition coefficient (Wildman–Crippen LogP) is 3.28. The Kier molecular flexibility index (Phi) is 6.84. The number of methoxy groups -OCH3 is 1. The molecule has 0 spiro atoms. The lowest BCUT2D eigenvalue weighted by Crippen LogP contribution is -2.43. The minimum absolute atomic E-state index is 0.0506. The van der Waals surface area contributed by atoms with Gasteiger partial charge in [0, 0.05) is 37.3 Å². The van der Waals surface area contributed by atoms with Gasteiger partial charge in [0.25, 0.3) is 11.6 Å². The van der Waals surface area contributed by atoms with Crippen LogP contribution < -0.4 is 15.4 Å². The Balaban J connectivity index is 1.44. The number of nitro groups is 1. The summed E-state index contributed by atoms with van der Waals surface area (Å²) in [6.45, 7) is 1.69. The van der Waals surface area contributed by atoms with E-state index in [-0.39, 0.29) is 23.5 Å². The number of carbonyl (C=O) groups excluding carboxylic acids is 2. The molecule has 1 heterocycles. The van der Waals surface area contributed by atoms with Crippen molar-refractivity contribution in [3.05, 3.63) is 64.2 Å². The van der Waals surface area contributed by atoms with Crippen molar-refractivity contribution in [1.82, 2.24) is 10.2 Å². The van der Waals surface area contributed by atoms with Gasteiger partial charge in [-0.25, -0.2) is 4.79 Å². The smallest absolute Gasteiger partial charge is 0.321 e. The van der Waals surface area contributed by atoms with Crippen LogP contribution in [0.2, 0.25) is 0 Å². The average molecular weight is 412 g/mol. The van der Waals surface area contributed by atoms with Gasteiger partial charge < -0.3 is 20.3 Å². The number of amides is 3. The number of likely N-dealkylation sites (tertiary alicyclic amines) is 1. The number of rotatable bonds is 6. The van der Waals surface area contributed by atoms with E-state index in [0.717, 1.165) is 12.8 Å². The topological polar surface area (TPSA) is 114 Å². The van der Waals surface area contributed by atoms with Crippen LogP contribution in [0.15, 0.2) is 48.5 Å². The first-order valence-corrected chi connectivity index (χ1v) is 9.69. The van der Waals surface area contributed by atoms with Crippen molar-refractivity contribution in [2.75, 3.05) is 32.1 Å². The Bertz CT molecular complexity index is 908. The fourth-order valence-corrected chi connectivity index (χ4v) is 3.36. The van der Waals surface area contributed by atoms with Crippen LogP contribution >= 0.6 is 0 Å². The highest BCUT2D eigenvalue weighted by molar-refractivity contribution is 5.94. The lowest BCUT2D eigenvalue weighted by atomic mass is 9.97. The van der Waals surface area contributed by atoms with Crippen LogP contribution in [0, 0.1) is 16.0 Å². The van der Waals surface area contributed by atoms with Crippen LogP contribution in [0.25, 0.3) is 0 Å². The monoisotopic (exact) mass is 412 g/mol. The van der Waals surface area contributed by atoms with Gasteiger partial charge in [0.2, 0.25) is 0 Å². The molecule has 0 saturated carbocycles. The summed E-state index contributed by atoms with van der Waals surface area (Å²) in [5.74, 6) is 0.609. The van der Waals surface area contributed by atoms with Gasteiger partial charge >= 0.3 is 6.03 Å². The number of piperidine rings is 1. The van der Waals surface area contributed by atoms with Gasteiger partial charge in [0.1, 0.15) is 5.75 Å². The number of nitrogens with one attached hydrogen (secondary N) is 2. The van der Waals surface area contributed by atoms with Gasteiger partial charge in [-0.15, -0.1) is 0 Å². The molecule has 30 heavy (non-hydrogen) atoms. The number of urea groups is 1. The minimum atomic E-state index is -0.501. The maximum atomic E-state index is 12.5. The molecule has 9 nitrogen and oxygen atoms in total. The molecule has 1 saturated heterocycles. The van der Waals surface area contributed by atoms with Crippen LogP contribution in [0.3, 0.4) is 0 Å². The second-order valence-corrected chi connectivity index (χ2v) is 7.07. The number of hydrogen-bond acceptors (Lipinski definition) is 5. The van der Waals surface area contributed by atoms with Crippen molar-refractivity contribution >= 4 is 23.3 Å². The maximum Gasteiger partial charge on any atom is 0.321 e.